The summed E-state index contributed by atoms with van der Waals surface area (Å²) >= 11 is 0. The van der Waals surface area contributed by atoms with Crippen LogP contribution in [0.5, 0.6) is 0 Å². The number of anilines is 1. The summed E-state index contributed by atoms with van der Waals surface area (Å²) in [5.74, 6) is -1.19. The van der Waals surface area contributed by atoms with E-state index in [1.807, 2.05) is 17.6 Å². The normalized spacial score (nSPS) is 14.4. The highest BCUT2D eigenvalue weighted by Crippen LogP contribution is 2.23. The number of pyridine rings is 1. The molecule has 0 aliphatic carbocycles. The molecule has 36 heavy (non-hydrogen) atoms. The summed E-state index contributed by atoms with van der Waals surface area (Å²) in [5.41, 5.74) is 4.21. The van der Waals surface area contributed by atoms with Crippen LogP contribution in [-0.2, 0) is 17.8 Å². The number of aromatic nitrogens is 3. The monoisotopic (exact) mass is 489 g/mol. The summed E-state index contributed by atoms with van der Waals surface area (Å²) in [4.78, 5) is 24.2. The van der Waals surface area contributed by atoms with E-state index in [-0.39, 0.29) is 24.9 Å². The fourth-order valence-electron chi connectivity index (χ4n) is 4.75. The van der Waals surface area contributed by atoms with Crippen LogP contribution in [0.3, 0.4) is 0 Å². The van der Waals surface area contributed by atoms with Crippen molar-refractivity contribution in [3.05, 3.63) is 89.4 Å². The molecule has 8 heteroatoms. The van der Waals surface area contributed by atoms with Crippen LogP contribution in [0.2, 0.25) is 0 Å². The molecule has 0 radical (unpaired) electrons. The number of imidazole rings is 1. The fourth-order valence-corrected chi connectivity index (χ4v) is 4.75. The highest BCUT2D eigenvalue weighted by atomic mass is 19.2. The highest BCUT2D eigenvalue weighted by molar-refractivity contribution is 5.77. The number of amides is 1. The molecule has 2 aromatic carbocycles. The Hall–Kier alpha value is -3.81. The van der Waals surface area contributed by atoms with Crippen molar-refractivity contribution in [3.8, 4) is 0 Å². The zero-order valence-electron chi connectivity index (χ0n) is 20.3. The van der Waals surface area contributed by atoms with Crippen molar-refractivity contribution in [2.45, 2.75) is 45.2 Å². The average Bonchev–Trinajstić information content (AvgIpc) is 3.54. The van der Waals surface area contributed by atoms with Crippen LogP contribution < -0.4 is 10.2 Å². The molecule has 1 atom stereocenters. The molecule has 1 amide bonds. The summed E-state index contributed by atoms with van der Waals surface area (Å²) < 4.78 is 29.0. The molecule has 186 valence electrons. The first-order chi connectivity index (χ1) is 17.5. The van der Waals surface area contributed by atoms with Crippen molar-refractivity contribution in [3.63, 3.8) is 0 Å². The van der Waals surface area contributed by atoms with Gasteiger partial charge in [0.25, 0.3) is 0 Å². The number of aryl methyl sites for hydroxylation is 1. The third kappa shape index (κ3) is 5.22. The van der Waals surface area contributed by atoms with Gasteiger partial charge in [-0.25, -0.2) is 18.7 Å². The lowest BCUT2D eigenvalue weighted by Gasteiger charge is -2.19. The topological polar surface area (TPSA) is 63.1 Å². The van der Waals surface area contributed by atoms with Gasteiger partial charge in [0.1, 0.15) is 11.3 Å². The lowest BCUT2D eigenvalue weighted by Crippen LogP contribution is -2.27. The molecule has 3 heterocycles. The number of nitrogens with one attached hydrogen (secondary N) is 1. The predicted molar refractivity (Wildman–Crippen MR) is 136 cm³/mol. The number of rotatable bonds is 8. The minimum absolute atomic E-state index is 0.0782. The number of carbonyl (C=O) groups excluding carboxylic acids is 1. The van der Waals surface area contributed by atoms with E-state index in [0.717, 1.165) is 24.7 Å². The first-order valence-electron chi connectivity index (χ1n) is 12.4. The van der Waals surface area contributed by atoms with Crippen LogP contribution in [0, 0.1) is 11.6 Å². The Morgan fingerprint density at radius 3 is 2.58 bits per heavy atom. The van der Waals surface area contributed by atoms with E-state index >= 15 is 0 Å². The summed E-state index contributed by atoms with van der Waals surface area (Å²) in [6.07, 6.45) is 4.78. The summed E-state index contributed by atoms with van der Waals surface area (Å²) in [6.45, 7) is 4.45. The molecule has 0 saturated carbocycles. The largest absolute Gasteiger partial charge is 0.372 e. The number of benzene rings is 2. The van der Waals surface area contributed by atoms with Crippen LogP contribution in [0.1, 0.15) is 49.2 Å². The third-order valence-electron chi connectivity index (χ3n) is 6.72. The molecule has 2 aromatic heterocycles. The van der Waals surface area contributed by atoms with Crippen molar-refractivity contribution >= 4 is 22.8 Å². The molecular formula is C28H29F2N5O. The quantitative estimate of drug-likeness (QED) is 0.371. The zero-order valence-corrected chi connectivity index (χ0v) is 20.3. The highest BCUT2D eigenvalue weighted by Gasteiger charge is 2.17. The van der Waals surface area contributed by atoms with Gasteiger partial charge in [-0.3, -0.25) is 4.79 Å². The molecule has 4 aromatic rings. The number of fused-ring (bicyclic) bond motifs is 1. The van der Waals surface area contributed by atoms with Crippen LogP contribution in [-0.4, -0.2) is 33.5 Å². The number of carbonyl (C=O) groups is 1. The van der Waals surface area contributed by atoms with E-state index in [2.05, 4.69) is 44.5 Å². The maximum Gasteiger partial charge on any atom is 0.220 e. The number of hydrogen-bond donors (Lipinski definition) is 1. The van der Waals surface area contributed by atoms with E-state index in [4.69, 9.17) is 0 Å². The Kier molecular flexibility index (Phi) is 6.93. The predicted octanol–water partition coefficient (Wildman–Crippen LogP) is 5.17. The second-order valence-electron chi connectivity index (χ2n) is 9.28. The van der Waals surface area contributed by atoms with Crippen molar-refractivity contribution in [2.75, 3.05) is 18.0 Å². The van der Waals surface area contributed by atoms with Crippen molar-refractivity contribution < 1.29 is 13.6 Å². The number of hydrogen-bond acceptors (Lipinski definition) is 4. The van der Waals surface area contributed by atoms with Crippen LogP contribution >= 0.6 is 0 Å². The average molecular weight is 490 g/mol. The van der Waals surface area contributed by atoms with E-state index in [1.54, 1.807) is 18.3 Å². The minimum Gasteiger partial charge on any atom is -0.372 e. The molecule has 1 N–H and O–H groups in total. The van der Waals surface area contributed by atoms with Gasteiger partial charge in [0.05, 0.1) is 12.6 Å². The van der Waals surface area contributed by atoms with Crippen LogP contribution in [0.4, 0.5) is 14.5 Å². The Labute approximate surface area is 209 Å². The van der Waals surface area contributed by atoms with Gasteiger partial charge >= 0.3 is 0 Å². The van der Waals surface area contributed by atoms with Gasteiger partial charge in [-0.2, -0.15) is 0 Å². The maximum absolute atomic E-state index is 13.8. The van der Waals surface area contributed by atoms with Gasteiger partial charge in [-0.1, -0.05) is 18.2 Å². The fraction of sp³-hybridized carbons (Fsp3) is 0.321. The molecule has 1 fully saturated rings. The van der Waals surface area contributed by atoms with Gasteiger partial charge in [0.2, 0.25) is 5.91 Å². The summed E-state index contributed by atoms with van der Waals surface area (Å²) in [7, 11) is 0. The van der Waals surface area contributed by atoms with Gasteiger partial charge < -0.3 is 14.8 Å². The Bertz CT molecular complexity index is 1360. The van der Waals surface area contributed by atoms with Gasteiger partial charge in [-0.05, 0) is 67.3 Å². The Balaban J connectivity index is 1.25. The van der Waals surface area contributed by atoms with Crippen molar-refractivity contribution in [2.24, 2.45) is 0 Å². The second kappa shape index (κ2) is 10.4. The van der Waals surface area contributed by atoms with E-state index in [9.17, 15) is 13.6 Å². The summed E-state index contributed by atoms with van der Waals surface area (Å²) in [5, 5.41) is 3.08. The third-order valence-corrected chi connectivity index (χ3v) is 6.72. The van der Waals surface area contributed by atoms with Crippen LogP contribution in [0.15, 0.2) is 60.8 Å². The molecule has 1 saturated heterocycles. The lowest BCUT2D eigenvalue weighted by atomic mass is 10.1. The molecule has 1 aliphatic heterocycles. The lowest BCUT2D eigenvalue weighted by molar-refractivity contribution is -0.121. The molecule has 5 rings (SSSR count). The standard InChI is InChI=1S/C28H29F2N5O/c1-19(21-7-9-22(10-8-21)34-15-2-3-16-34)32-27(36)13-12-26-33-25-5-4-14-31-28(25)35(26)18-20-6-11-23(29)24(30)17-20/h4-11,14,17,19H,2-3,12-13,15-16,18H2,1H3,(H,32,36). The second-order valence-corrected chi connectivity index (χ2v) is 9.28. The van der Waals surface area contributed by atoms with Gasteiger partial charge in [0.15, 0.2) is 17.3 Å². The summed E-state index contributed by atoms with van der Waals surface area (Å²) in [6, 6.07) is 15.8. The maximum atomic E-state index is 13.8. The smallest absolute Gasteiger partial charge is 0.220 e. The Morgan fingerprint density at radius 1 is 1.06 bits per heavy atom. The van der Waals surface area contributed by atoms with E-state index in [1.165, 1.54) is 24.6 Å². The van der Waals surface area contributed by atoms with Crippen molar-refractivity contribution in [1.82, 2.24) is 19.9 Å². The van der Waals surface area contributed by atoms with E-state index in [0.29, 0.717) is 29.0 Å². The van der Waals surface area contributed by atoms with Crippen molar-refractivity contribution in [1.29, 1.82) is 0 Å². The number of halogens is 2. The molecule has 0 bridgehead atoms. The first kappa shape index (κ1) is 23.9. The van der Waals surface area contributed by atoms with Gasteiger partial charge in [0, 0.05) is 37.8 Å². The minimum atomic E-state index is -0.895. The molecule has 0 spiro atoms. The zero-order chi connectivity index (χ0) is 25.1. The first-order valence-corrected chi connectivity index (χ1v) is 12.4. The molecular weight excluding hydrogens is 460 g/mol. The molecule has 1 unspecified atom stereocenters. The number of nitrogens with zero attached hydrogens (tertiary/aromatic N) is 4. The molecule has 6 nitrogen and oxygen atoms in total. The Morgan fingerprint density at radius 2 is 1.83 bits per heavy atom. The van der Waals surface area contributed by atoms with Crippen LogP contribution in [0.25, 0.3) is 11.2 Å². The van der Waals surface area contributed by atoms with Gasteiger partial charge in [-0.15, -0.1) is 0 Å². The SMILES string of the molecule is CC(NC(=O)CCc1nc2cccnc2n1Cc1ccc(F)c(F)c1)c1ccc(N2CCCC2)cc1. The molecule has 1 aliphatic rings. The van der Waals surface area contributed by atoms with E-state index < -0.39 is 11.6 Å².